The van der Waals surface area contributed by atoms with Gasteiger partial charge in [0, 0.05) is 94.9 Å². The SMILES string of the molecule is CC(=O)OCC1OC(N=[N+]=[N-])C(OC(C)=O)C(OC(C)=O)C1OC(C)=O.CC(=O)OCC1OC(NC(=O)CCl)C(OC(C)=O)C(OC(C)=O)C1OC(C)=O.CC(=O)OCC1OC(NC(=O)CSC(C)=O)C(OC(C)=O)C(OC(C)=O)C1OC(C)=O. The maximum Gasteiger partial charge on any atom is 0.303 e. The summed E-state index contributed by atoms with van der Waals surface area (Å²) in [6.07, 6.45) is -19.6. The molecule has 0 saturated carbocycles. The van der Waals surface area contributed by atoms with Crippen molar-refractivity contribution in [2.24, 2.45) is 5.11 Å². The molecule has 3 rings (SSSR count). The minimum Gasteiger partial charge on any atom is -0.463 e. The zero-order valence-corrected chi connectivity index (χ0v) is 49.6. The molecule has 2 N–H and O–H groups in total. The van der Waals surface area contributed by atoms with Gasteiger partial charge in [-0.25, -0.2) is 0 Å². The number of nitrogens with zero attached hydrogens (tertiary/aromatic N) is 3. The van der Waals surface area contributed by atoms with Gasteiger partial charge >= 0.3 is 71.6 Å². The van der Waals surface area contributed by atoms with Gasteiger partial charge < -0.3 is 81.7 Å². The number of azide groups is 1. The van der Waals surface area contributed by atoms with Crippen LogP contribution in [-0.2, 0) is 143 Å². The lowest BCUT2D eigenvalue weighted by atomic mass is 9.97. The molecule has 3 heterocycles. The van der Waals surface area contributed by atoms with Crippen LogP contribution in [-0.4, -0.2) is 212 Å². The van der Waals surface area contributed by atoms with Crippen LogP contribution in [0.25, 0.3) is 10.4 Å². The van der Waals surface area contributed by atoms with Crippen molar-refractivity contribution in [1.29, 1.82) is 0 Å². The van der Waals surface area contributed by atoms with E-state index in [-0.39, 0.29) is 24.1 Å². The number of esters is 12. The predicted molar refractivity (Wildman–Crippen MR) is 275 cm³/mol. The van der Waals surface area contributed by atoms with Crippen molar-refractivity contribution in [2.45, 2.75) is 182 Å². The first kappa shape index (κ1) is 75.1. The third kappa shape index (κ3) is 28.5. The number of nitrogens with one attached hydrogen (secondary N) is 2. The molecule has 3 aliphatic heterocycles. The van der Waals surface area contributed by atoms with Gasteiger partial charge in [0.05, 0.1) is 5.75 Å². The molecule has 85 heavy (non-hydrogen) atoms. The Balaban J connectivity index is 0.000000640. The van der Waals surface area contributed by atoms with Crippen LogP contribution in [0.2, 0.25) is 0 Å². The number of amides is 2. The second-order valence-electron chi connectivity index (χ2n) is 17.6. The number of hydrogen-bond donors (Lipinski definition) is 2. The smallest absolute Gasteiger partial charge is 0.303 e. The maximum atomic E-state index is 12.2. The van der Waals surface area contributed by atoms with Crippen LogP contribution >= 0.6 is 23.4 Å². The summed E-state index contributed by atoms with van der Waals surface area (Å²) in [5.74, 6) is -10.8. The molecule has 35 nitrogen and oxygen atoms in total. The van der Waals surface area contributed by atoms with Gasteiger partial charge in [-0.1, -0.05) is 16.9 Å². The minimum atomic E-state index is -1.40. The molecule has 2 amide bonds. The Kier molecular flexibility index (Phi) is 33.0. The third-order valence-electron chi connectivity index (χ3n) is 10.2. The lowest BCUT2D eigenvalue weighted by Crippen LogP contribution is -2.66. The Morgan fingerprint density at radius 3 is 0.953 bits per heavy atom. The third-order valence-corrected chi connectivity index (χ3v) is 11.3. The average molecular weight is 1260 g/mol. The van der Waals surface area contributed by atoms with Crippen molar-refractivity contribution in [3.8, 4) is 0 Å². The van der Waals surface area contributed by atoms with Crippen molar-refractivity contribution < 1.29 is 143 Å². The molecule has 0 aliphatic carbocycles. The zero-order valence-electron chi connectivity index (χ0n) is 48.1. The van der Waals surface area contributed by atoms with E-state index in [1.807, 2.05) is 0 Å². The summed E-state index contributed by atoms with van der Waals surface area (Å²) in [6, 6.07) is 0. The molecule has 15 atom stereocenters. The predicted octanol–water partition coefficient (Wildman–Crippen LogP) is -0.730. The Bertz CT molecular complexity index is 2500. The van der Waals surface area contributed by atoms with E-state index in [1.54, 1.807) is 0 Å². The van der Waals surface area contributed by atoms with E-state index in [0.717, 1.165) is 94.8 Å². The molecule has 3 fully saturated rings. The first-order valence-corrected chi connectivity index (χ1v) is 26.4. The molecule has 0 spiro atoms. The van der Waals surface area contributed by atoms with E-state index in [0.29, 0.717) is 0 Å². The summed E-state index contributed by atoms with van der Waals surface area (Å²) in [5, 5.41) is 7.90. The molecule has 0 aromatic rings. The first-order chi connectivity index (χ1) is 39.6. The molecule has 0 aromatic heterocycles. The van der Waals surface area contributed by atoms with E-state index in [4.69, 9.17) is 88.2 Å². The van der Waals surface area contributed by atoms with Crippen LogP contribution in [0, 0.1) is 0 Å². The van der Waals surface area contributed by atoms with E-state index in [2.05, 4.69) is 20.7 Å². The number of carbonyl (C=O) groups is 15. The number of alkyl halides is 1. The second-order valence-corrected chi connectivity index (χ2v) is 19.0. The molecular weight excluding hydrogens is 1190 g/mol. The normalized spacial score (nSPS) is 26.3. The lowest BCUT2D eigenvalue weighted by Gasteiger charge is -2.44. The summed E-state index contributed by atoms with van der Waals surface area (Å²) in [4.78, 5) is 175. The monoisotopic (exact) mass is 1260 g/mol. The lowest BCUT2D eigenvalue weighted by molar-refractivity contribution is -0.256. The van der Waals surface area contributed by atoms with Crippen LogP contribution in [0.5, 0.6) is 0 Å². The number of ether oxygens (including phenoxy) is 15. The molecule has 37 heteroatoms. The Morgan fingerprint density at radius 1 is 0.400 bits per heavy atom. The number of carbonyl (C=O) groups excluding carboxylic acids is 15. The second kappa shape index (κ2) is 37.4. The average Bonchev–Trinajstić information content (AvgIpc) is 3.36. The summed E-state index contributed by atoms with van der Waals surface area (Å²) in [6.45, 7) is 13.4. The van der Waals surface area contributed by atoms with Crippen molar-refractivity contribution in [3.05, 3.63) is 10.4 Å². The van der Waals surface area contributed by atoms with Crippen molar-refractivity contribution in [2.75, 3.05) is 31.5 Å². The Hall–Kier alpha value is -7.92. The van der Waals surface area contributed by atoms with Crippen LogP contribution < -0.4 is 10.6 Å². The summed E-state index contributed by atoms with van der Waals surface area (Å²) in [5.41, 5.74) is 8.71. The van der Waals surface area contributed by atoms with Crippen LogP contribution in [0.15, 0.2) is 5.11 Å². The topological polar surface area (TPSA) is 467 Å². The van der Waals surface area contributed by atoms with E-state index < -0.39 is 188 Å². The fourth-order valence-corrected chi connectivity index (χ4v) is 8.10. The Morgan fingerprint density at radius 2 is 0.671 bits per heavy atom. The molecule has 0 radical (unpaired) electrons. The van der Waals surface area contributed by atoms with Crippen molar-refractivity contribution in [1.82, 2.24) is 10.6 Å². The van der Waals surface area contributed by atoms with Crippen LogP contribution in [0.3, 0.4) is 0 Å². The van der Waals surface area contributed by atoms with Gasteiger partial charge in [-0.2, -0.15) is 0 Å². The Labute approximate surface area is 493 Å². The highest BCUT2D eigenvalue weighted by atomic mass is 35.5. The molecule has 476 valence electrons. The summed E-state index contributed by atoms with van der Waals surface area (Å²) in [7, 11) is 0. The fraction of sp³-hybridized carbons (Fsp3) is 0.688. The van der Waals surface area contributed by atoms with Crippen molar-refractivity contribution >= 4 is 112 Å². The number of halogens is 1. The highest BCUT2D eigenvalue weighted by Gasteiger charge is 2.55. The van der Waals surface area contributed by atoms with Gasteiger partial charge in [0.25, 0.3) is 0 Å². The number of thioether (sulfide) groups is 1. The van der Waals surface area contributed by atoms with Gasteiger partial charge in [0.1, 0.15) is 44.0 Å². The first-order valence-electron chi connectivity index (χ1n) is 24.8. The maximum absolute atomic E-state index is 12.2. The van der Waals surface area contributed by atoms with E-state index in [9.17, 15) is 71.9 Å². The number of hydrogen-bond acceptors (Lipinski definition) is 32. The number of rotatable bonds is 21. The molecule has 15 unspecified atom stereocenters. The van der Waals surface area contributed by atoms with Gasteiger partial charge in [0.15, 0.2) is 78.7 Å². The van der Waals surface area contributed by atoms with E-state index in [1.165, 1.54) is 6.92 Å². The standard InChI is InChI=1S/C18H25NO11S.C16H22ClNO10.C14H19N3O9/c1-8(20)26-6-13-15(27-9(2)21)16(28-10(3)22)17(29-11(4)23)18(30-13)19-14(25)7-31-12(5)24;1-7(19)24-6-11-13(25-8(2)20)14(26-9(3)21)15(27-10(4)22)16(28-11)18-12(23)5-17;1-6(18)22-5-10-11(23-7(2)19)12(24-8(3)20)13(25-9(4)21)14(26-10)16-17-15/h13,15-18H,6-7H2,1-5H3,(H,19,25);11,13-16H,5-6H2,1-4H3,(H,18,23);10-14H,5H2,1-4H3. The molecule has 0 bridgehead atoms. The molecule has 3 aliphatic rings. The molecule has 3 saturated heterocycles. The van der Waals surface area contributed by atoms with Gasteiger partial charge in [-0.3, -0.25) is 71.9 Å². The van der Waals surface area contributed by atoms with Gasteiger partial charge in [-0.15, -0.1) is 11.6 Å². The highest BCUT2D eigenvalue weighted by Crippen LogP contribution is 2.32. The molecule has 0 aromatic carbocycles. The van der Waals surface area contributed by atoms with E-state index >= 15 is 0 Å². The summed E-state index contributed by atoms with van der Waals surface area (Å²) < 4.78 is 78.0. The van der Waals surface area contributed by atoms with Crippen molar-refractivity contribution in [3.63, 3.8) is 0 Å². The largest absolute Gasteiger partial charge is 0.463 e. The quantitative estimate of drug-likeness (QED) is 0.0357. The van der Waals surface area contributed by atoms with Gasteiger partial charge in [0.2, 0.25) is 11.8 Å². The van der Waals surface area contributed by atoms with Gasteiger partial charge in [-0.05, 0) is 5.53 Å². The fourth-order valence-electron chi connectivity index (χ4n) is 7.60. The zero-order chi connectivity index (χ0) is 65.0. The minimum absolute atomic E-state index is 0.248. The summed E-state index contributed by atoms with van der Waals surface area (Å²) >= 11 is 6.22. The molecular formula is C48H66ClN5O30S. The van der Waals surface area contributed by atoms with Crippen LogP contribution in [0.1, 0.15) is 90.0 Å². The van der Waals surface area contributed by atoms with Crippen LogP contribution in [0.4, 0.5) is 0 Å². The highest BCUT2D eigenvalue weighted by molar-refractivity contribution is 8.14.